The van der Waals surface area contributed by atoms with Crippen LogP contribution in [0.3, 0.4) is 0 Å². The number of aliphatic carboxylic acids is 1. The van der Waals surface area contributed by atoms with Crippen LogP contribution >= 0.6 is 0 Å². The number of hydrogen-bond donors (Lipinski definition) is 1. The molecule has 1 saturated carbocycles. The first-order valence-corrected chi connectivity index (χ1v) is 4.77. The Morgan fingerprint density at radius 1 is 1.36 bits per heavy atom. The molecule has 1 aliphatic carbocycles. The first-order chi connectivity index (χ1) is 6.44. The van der Waals surface area contributed by atoms with E-state index in [1.807, 2.05) is 0 Å². The highest BCUT2D eigenvalue weighted by Crippen LogP contribution is 2.47. The average molecular weight is 205 g/mol. The normalized spacial score (nSPS) is 29.0. The molecule has 0 radical (unpaired) electrons. The van der Waals surface area contributed by atoms with Crippen LogP contribution in [0.1, 0.15) is 19.3 Å². The Bertz CT molecular complexity index is 264. The van der Waals surface area contributed by atoms with Crippen molar-refractivity contribution < 1.29 is 18.7 Å². The van der Waals surface area contributed by atoms with Gasteiger partial charge in [0.15, 0.2) is 0 Å². The molecule has 0 spiro atoms. The van der Waals surface area contributed by atoms with Crippen LogP contribution in [0.25, 0.3) is 0 Å². The zero-order valence-corrected chi connectivity index (χ0v) is 7.80. The van der Waals surface area contributed by atoms with E-state index in [-0.39, 0.29) is 19.5 Å². The number of rotatable bonds is 3. The molecule has 0 unspecified atom stereocenters. The maximum atomic E-state index is 12.8. The molecule has 1 saturated heterocycles. The minimum absolute atomic E-state index is 0.136. The molecule has 0 amide bonds. The Kier molecular flexibility index (Phi) is 2.03. The van der Waals surface area contributed by atoms with Gasteiger partial charge in [-0.25, -0.2) is 8.78 Å². The highest BCUT2D eigenvalue weighted by molar-refractivity contribution is 5.78. The summed E-state index contributed by atoms with van der Waals surface area (Å²) in [5.41, 5.74) is -0.708. The number of likely N-dealkylation sites (tertiary alicyclic amines) is 1. The minimum atomic E-state index is -2.62. The van der Waals surface area contributed by atoms with Gasteiger partial charge in [-0.15, -0.1) is 0 Å². The topological polar surface area (TPSA) is 40.5 Å². The molecule has 2 fully saturated rings. The molecule has 0 aromatic heterocycles. The fourth-order valence-electron chi connectivity index (χ4n) is 1.96. The lowest BCUT2D eigenvalue weighted by atomic mass is 10.1. The highest BCUT2D eigenvalue weighted by Gasteiger charge is 2.53. The molecule has 3 nitrogen and oxygen atoms in total. The molecule has 14 heavy (non-hydrogen) atoms. The van der Waals surface area contributed by atoms with Crippen LogP contribution in [0.4, 0.5) is 8.78 Å². The van der Waals surface area contributed by atoms with Crippen LogP contribution in [-0.2, 0) is 4.79 Å². The van der Waals surface area contributed by atoms with Crippen LogP contribution in [0.2, 0.25) is 0 Å². The smallest absolute Gasteiger partial charge is 0.310 e. The summed E-state index contributed by atoms with van der Waals surface area (Å²) in [5, 5.41) is 8.88. The van der Waals surface area contributed by atoms with Crippen LogP contribution in [0.15, 0.2) is 0 Å². The quantitative estimate of drug-likeness (QED) is 0.752. The van der Waals surface area contributed by atoms with Crippen molar-refractivity contribution in [2.75, 3.05) is 19.6 Å². The monoisotopic (exact) mass is 205 g/mol. The van der Waals surface area contributed by atoms with Crippen LogP contribution in [-0.4, -0.2) is 41.5 Å². The van der Waals surface area contributed by atoms with Crippen molar-refractivity contribution in [2.24, 2.45) is 5.41 Å². The molecule has 1 N–H and O–H groups in total. The van der Waals surface area contributed by atoms with Crippen molar-refractivity contribution in [1.82, 2.24) is 4.90 Å². The van der Waals surface area contributed by atoms with E-state index in [1.54, 1.807) is 4.90 Å². The van der Waals surface area contributed by atoms with Gasteiger partial charge in [-0.3, -0.25) is 9.69 Å². The lowest BCUT2D eigenvalue weighted by molar-refractivity contribution is -0.144. The number of alkyl halides is 2. The van der Waals surface area contributed by atoms with Gasteiger partial charge in [0.05, 0.1) is 12.0 Å². The highest BCUT2D eigenvalue weighted by atomic mass is 19.3. The lowest BCUT2D eigenvalue weighted by Crippen LogP contribution is -2.34. The van der Waals surface area contributed by atoms with E-state index in [1.165, 1.54) is 0 Å². The first kappa shape index (κ1) is 9.83. The van der Waals surface area contributed by atoms with E-state index < -0.39 is 17.3 Å². The second-order valence-electron chi connectivity index (χ2n) is 4.40. The van der Waals surface area contributed by atoms with Crippen LogP contribution < -0.4 is 0 Å². The molecule has 5 heteroatoms. The molecule has 1 aliphatic heterocycles. The Morgan fingerprint density at radius 2 is 2.00 bits per heavy atom. The van der Waals surface area contributed by atoms with Crippen LogP contribution in [0.5, 0.6) is 0 Å². The number of carbonyl (C=O) groups is 1. The van der Waals surface area contributed by atoms with Gasteiger partial charge in [0, 0.05) is 19.5 Å². The molecular formula is C9H13F2NO2. The van der Waals surface area contributed by atoms with E-state index in [0.717, 1.165) is 0 Å². The van der Waals surface area contributed by atoms with Crippen molar-refractivity contribution in [2.45, 2.75) is 25.2 Å². The number of hydrogen-bond acceptors (Lipinski definition) is 2. The lowest BCUT2D eigenvalue weighted by Gasteiger charge is -2.19. The Morgan fingerprint density at radius 3 is 2.36 bits per heavy atom. The third-order valence-corrected chi connectivity index (χ3v) is 3.08. The van der Waals surface area contributed by atoms with Crippen molar-refractivity contribution in [3.05, 3.63) is 0 Å². The van der Waals surface area contributed by atoms with Gasteiger partial charge in [-0.05, 0) is 12.8 Å². The van der Waals surface area contributed by atoms with E-state index >= 15 is 0 Å². The largest absolute Gasteiger partial charge is 0.481 e. The maximum absolute atomic E-state index is 12.8. The van der Waals surface area contributed by atoms with Gasteiger partial charge in [0.25, 0.3) is 5.92 Å². The van der Waals surface area contributed by atoms with Crippen molar-refractivity contribution in [3.8, 4) is 0 Å². The molecule has 0 aromatic carbocycles. The van der Waals surface area contributed by atoms with E-state index in [0.29, 0.717) is 19.4 Å². The third kappa shape index (κ3) is 1.73. The van der Waals surface area contributed by atoms with Gasteiger partial charge in [-0.2, -0.15) is 0 Å². The van der Waals surface area contributed by atoms with Gasteiger partial charge >= 0.3 is 5.97 Å². The van der Waals surface area contributed by atoms with Crippen molar-refractivity contribution >= 4 is 5.97 Å². The second kappa shape index (κ2) is 2.89. The summed E-state index contributed by atoms with van der Waals surface area (Å²) in [4.78, 5) is 12.4. The van der Waals surface area contributed by atoms with Gasteiger partial charge in [-0.1, -0.05) is 0 Å². The van der Waals surface area contributed by atoms with Crippen molar-refractivity contribution in [1.29, 1.82) is 0 Å². The van der Waals surface area contributed by atoms with Gasteiger partial charge in [0.1, 0.15) is 0 Å². The average Bonchev–Trinajstić information content (AvgIpc) is 2.74. The zero-order chi connectivity index (χ0) is 10.4. The van der Waals surface area contributed by atoms with Crippen LogP contribution in [0, 0.1) is 5.41 Å². The standard InChI is InChI=1S/C9H13F2NO2/c10-9(11)3-4-12(6-9)5-8(1-2-8)7(13)14/h1-6H2,(H,13,14). The summed E-state index contributed by atoms with van der Waals surface area (Å²) in [6, 6.07) is 0. The second-order valence-corrected chi connectivity index (χ2v) is 4.40. The summed E-state index contributed by atoms with van der Waals surface area (Å²) in [5.74, 6) is -3.46. The fourth-order valence-corrected chi connectivity index (χ4v) is 1.96. The number of nitrogens with zero attached hydrogens (tertiary/aromatic N) is 1. The Labute approximate surface area is 80.7 Å². The predicted octanol–water partition coefficient (Wildman–Crippen LogP) is 1.19. The first-order valence-electron chi connectivity index (χ1n) is 4.77. The number of carboxylic acids is 1. The SMILES string of the molecule is O=C(O)C1(CN2CCC(F)(F)C2)CC1. The van der Waals surface area contributed by atoms with Crippen molar-refractivity contribution in [3.63, 3.8) is 0 Å². The summed E-state index contributed by atoms with van der Waals surface area (Å²) < 4.78 is 25.6. The summed E-state index contributed by atoms with van der Waals surface area (Å²) >= 11 is 0. The molecule has 1 heterocycles. The molecule has 0 aromatic rings. The van der Waals surface area contributed by atoms with E-state index in [4.69, 9.17) is 5.11 Å². The van der Waals surface area contributed by atoms with Gasteiger partial charge < -0.3 is 5.11 Å². The number of carboxylic acid groups (broad SMARTS) is 1. The third-order valence-electron chi connectivity index (χ3n) is 3.08. The maximum Gasteiger partial charge on any atom is 0.310 e. The minimum Gasteiger partial charge on any atom is -0.481 e. The van der Waals surface area contributed by atoms with E-state index in [9.17, 15) is 13.6 Å². The van der Waals surface area contributed by atoms with E-state index in [2.05, 4.69) is 0 Å². The van der Waals surface area contributed by atoms with Gasteiger partial charge in [0.2, 0.25) is 0 Å². The summed E-state index contributed by atoms with van der Waals surface area (Å²) in [7, 11) is 0. The molecular weight excluding hydrogens is 192 g/mol. The fraction of sp³-hybridized carbons (Fsp3) is 0.889. The summed E-state index contributed by atoms with van der Waals surface area (Å²) in [6.45, 7) is 0.335. The molecule has 80 valence electrons. The summed E-state index contributed by atoms with van der Waals surface area (Å²) in [6.07, 6.45) is 1.12. The zero-order valence-electron chi connectivity index (χ0n) is 7.80. The Hall–Kier alpha value is -0.710. The molecule has 2 aliphatic rings. The molecule has 0 atom stereocenters. The Balaban J connectivity index is 1.91. The molecule has 0 bridgehead atoms. The predicted molar refractivity (Wildman–Crippen MR) is 45.3 cm³/mol. The molecule has 2 rings (SSSR count). The number of halogens is 2.